The van der Waals surface area contributed by atoms with Gasteiger partial charge in [0.2, 0.25) is 11.2 Å². The molecule has 1 N–H and O–H groups in total. The van der Waals surface area contributed by atoms with Crippen molar-refractivity contribution in [2.24, 2.45) is 0 Å². The van der Waals surface area contributed by atoms with Crippen LogP contribution in [0.1, 0.15) is 59.4 Å². The molecule has 0 aliphatic heterocycles. The molecule has 190 valence electrons. The molecule has 1 aromatic carbocycles. The molecule has 36 heavy (non-hydrogen) atoms. The quantitative estimate of drug-likeness (QED) is 0.333. The van der Waals surface area contributed by atoms with Gasteiger partial charge in [0.25, 0.3) is 0 Å². The summed E-state index contributed by atoms with van der Waals surface area (Å²) >= 11 is 5.45. The summed E-state index contributed by atoms with van der Waals surface area (Å²) in [6.45, 7) is 4.32. The zero-order chi connectivity index (χ0) is 26.1. The number of nitrogens with one attached hydrogen (secondary N) is 1. The Labute approximate surface area is 211 Å². The lowest BCUT2D eigenvalue weighted by Crippen LogP contribution is -2.21. The van der Waals surface area contributed by atoms with Crippen molar-refractivity contribution >= 4 is 29.5 Å². The molecular formula is C24H24ClF2N5O4. The predicted octanol–water partition coefficient (Wildman–Crippen LogP) is 4.73. The van der Waals surface area contributed by atoms with Crippen LogP contribution in [0.2, 0.25) is 5.28 Å². The van der Waals surface area contributed by atoms with E-state index in [2.05, 4.69) is 25.3 Å². The minimum absolute atomic E-state index is 0.118. The Morgan fingerprint density at radius 1 is 0.944 bits per heavy atom. The highest BCUT2D eigenvalue weighted by molar-refractivity contribution is 6.28. The third kappa shape index (κ3) is 7.14. The molecule has 3 aromatic rings. The third-order valence-electron chi connectivity index (χ3n) is 5.03. The number of hydrogen-bond acceptors (Lipinski definition) is 9. The fourth-order valence-corrected chi connectivity index (χ4v) is 3.12. The molecule has 0 amide bonds. The summed E-state index contributed by atoms with van der Waals surface area (Å²) in [5.74, 6) is -2.34. The number of aromatic nitrogens is 4. The van der Waals surface area contributed by atoms with Crippen LogP contribution in [0.3, 0.4) is 0 Å². The Kier molecular flexibility index (Phi) is 9.18. The van der Waals surface area contributed by atoms with E-state index in [-0.39, 0.29) is 17.5 Å². The number of anilines is 1. The van der Waals surface area contributed by atoms with E-state index < -0.39 is 29.1 Å². The zero-order valence-electron chi connectivity index (χ0n) is 19.6. The minimum Gasteiger partial charge on any atom is -0.462 e. The highest BCUT2D eigenvalue weighted by Crippen LogP contribution is 2.48. The van der Waals surface area contributed by atoms with E-state index in [1.807, 2.05) is 6.92 Å². The number of ether oxygens (including phenoxy) is 2. The van der Waals surface area contributed by atoms with Crippen molar-refractivity contribution in [1.82, 2.24) is 19.9 Å². The molecule has 0 radical (unpaired) electrons. The molecule has 0 atom stereocenters. The Hall–Kier alpha value is -3.73. The first-order valence-electron chi connectivity index (χ1n) is 11.2. The SMILES string of the molecule is CCCOC(=O)c1cnc(Cl)nc1.CCOC(=O)c1cnc(NC2(c3ccc(F)c(F)c3)CC2)nc1. The first-order valence-corrected chi connectivity index (χ1v) is 11.5. The average molecular weight is 520 g/mol. The van der Waals surface area contributed by atoms with Gasteiger partial charge in [-0.3, -0.25) is 0 Å². The largest absolute Gasteiger partial charge is 0.462 e. The number of carbonyl (C=O) groups is 2. The summed E-state index contributed by atoms with van der Waals surface area (Å²) in [5.41, 5.74) is 0.738. The van der Waals surface area contributed by atoms with Gasteiger partial charge in [0, 0.05) is 24.8 Å². The summed E-state index contributed by atoms with van der Waals surface area (Å²) in [5, 5.41) is 3.24. The van der Waals surface area contributed by atoms with E-state index in [0.29, 0.717) is 23.7 Å². The maximum absolute atomic E-state index is 13.4. The van der Waals surface area contributed by atoms with Gasteiger partial charge in [-0.05, 0) is 55.5 Å². The summed E-state index contributed by atoms with van der Waals surface area (Å²) < 4.78 is 36.2. The van der Waals surface area contributed by atoms with Crippen LogP contribution in [0.15, 0.2) is 43.0 Å². The number of carbonyl (C=O) groups excluding carboxylic acids is 2. The van der Waals surface area contributed by atoms with Crippen LogP contribution < -0.4 is 5.32 Å². The molecule has 1 aliphatic carbocycles. The van der Waals surface area contributed by atoms with Crippen LogP contribution in [-0.2, 0) is 15.0 Å². The fourth-order valence-electron chi connectivity index (χ4n) is 3.03. The van der Waals surface area contributed by atoms with Gasteiger partial charge < -0.3 is 14.8 Å². The molecule has 4 rings (SSSR count). The summed E-state index contributed by atoms with van der Waals surface area (Å²) in [7, 11) is 0. The maximum Gasteiger partial charge on any atom is 0.341 e. The molecule has 0 bridgehead atoms. The van der Waals surface area contributed by atoms with Crippen molar-refractivity contribution in [1.29, 1.82) is 0 Å². The topological polar surface area (TPSA) is 116 Å². The zero-order valence-corrected chi connectivity index (χ0v) is 20.4. The number of nitrogens with zero attached hydrogens (tertiary/aromatic N) is 4. The second-order valence-electron chi connectivity index (χ2n) is 7.73. The number of benzene rings is 1. The monoisotopic (exact) mass is 519 g/mol. The van der Waals surface area contributed by atoms with E-state index in [4.69, 9.17) is 21.1 Å². The summed E-state index contributed by atoms with van der Waals surface area (Å²) in [6, 6.07) is 3.84. The van der Waals surface area contributed by atoms with Gasteiger partial charge in [0.15, 0.2) is 11.6 Å². The van der Waals surface area contributed by atoms with E-state index >= 15 is 0 Å². The molecule has 12 heteroatoms. The van der Waals surface area contributed by atoms with Crippen LogP contribution in [-0.4, -0.2) is 45.1 Å². The van der Waals surface area contributed by atoms with Gasteiger partial charge >= 0.3 is 11.9 Å². The van der Waals surface area contributed by atoms with Crippen molar-refractivity contribution in [2.45, 2.75) is 38.6 Å². The average Bonchev–Trinajstić information content (AvgIpc) is 3.66. The van der Waals surface area contributed by atoms with Crippen molar-refractivity contribution in [3.63, 3.8) is 0 Å². The summed E-state index contributed by atoms with van der Waals surface area (Å²) in [6.07, 6.45) is 7.74. The van der Waals surface area contributed by atoms with Gasteiger partial charge in [0.1, 0.15) is 0 Å². The highest BCUT2D eigenvalue weighted by atomic mass is 35.5. The first-order chi connectivity index (χ1) is 17.3. The smallest absolute Gasteiger partial charge is 0.341 e. The van der Waals surface area contributed by atoms with Gasteiger partial charge in [-0.1, -0.05) is 13.0 Å². The van der Waals surface area contributed by atoms with Crippen LogP contribution in [0, 0.1) is 11.6 Å². The molecule has 1 saturated carbocycles. The van der Waals surface area contributed by atoms with E-state index in [1.54, 1.807) is 13.0 Å². The van der Waals surface area contributed by atoms with E-state index in [1.165, 1.54) is 30.9 Å². The lowest BCUT2D eigenvalue weighted by molar-refractivity contribution is 0.0500. The molecule has 0 spiro atoms. The van der Waals surface area contributed by atoms with Gasteiger partial charge in [-0.15, -0.1) is 0 Å². The van der Waals surface area contributed by atoms with Crippen LogP contribution in [0.25, 0.3) is 0 Å². The number of hydrogen-bond donors (Lipinski definition) is 1. The second kappa shape index (κ2) is 12.3. The molecule has 0 unspecified atom stereocenters. The molecule has 9 nitrogen and oxygen atoms in total. The van der Waals surface area contributed by atoms with Crippen molar-refractivity contribution < 1.29 is 27.8 Å². The van der Waals surface area contributed by atoms with E-state index in [9.17, 15) is 18.4 Å². The lowest BCUT2D eigenvalue weighted by Gasteiger charge is -2.18. The Morgan fingerprint density at radius 3 is 2.06 bits per heavy atom. The molecule has 1 fully saturated rings. The number of rotatable bonds is 8. The van der Waals surface area contributed by atoms with Crippen LogP contribution in [0.5, 0.6) is 0 Å². The molecule has 2 heterocycles. The molecule has 2 aromatic heterocycles. The molecule has 1 aliphatic rings. The van der Waals surface area contributed by atoms with Gasteiger partial charge in [0.05, 0.1) is 29.9 Å². The normalized spacial score (nSPS) is 13.1. The Bertz CT molecular complexity index is 1190. The van der Waals surface area contributed by atoms with Crippen molar-refractivity contribution in [3.05, 3.63) is 76.6 Å². The van der Waals surface area contributed by atoms with Crippen molar-refractivity contribution in [3.8, 4) is 0 Å². The fraction of sp³-hybridized carbons (Fsp3) is 0.333. The number of halogens is 3. The van der Waals surface area contributed by atoms with Crippen LogP contribution in [0.4, 0.5) is 14.7 Å². The third-order valence-corrected chi connectivity index (χ3v) is 5.22. The Morgan fingerprint density at radius 2 is 1.53 bits per heavy atom. The minimum atomic E-state index is -0.880. The molecular weight excluding hydrogens is 496 g/mol. The highest BCUT2D eigenvalue weighted by Gasteiger charge is 2.45. The van der Waals surface area contributed by atoms with Crippen LogP contribution >= 0.6 is 11.6 Å². The number of esters is 2. The second-order valence-corrected chi connectivity index (χ2v) is 8.07. The predicted molar refractivity (Wildman–Crippen MR) is 126 cm³/mol. The van der Waals surface area contributed by atoms with Gasteiger partial charge in [-0.25, -0.2) is 38.3 Å². The Balaban J connectivity index is 0.000000236. The van der Waals surface area contributed by atoms with Crippen molar-refractivity contribution in [2.75, 3.05) is 18.5 Å². The first kappa shape index (κ1) is 26.9. The summed E-state index contributed by atoms with van der Waals surface area (Å²) in [4.78, 5) is 38.2. The standard InChI is InChI=1S/C16H15F2N3O2.C8H9ClN2O2/c1-2-23-14(22)10-8-19-15(20-9-10)21-16(5-6-16)11-3-4-12(17)13(18)7-11;1-2-3-13-7(12)6-4-10-8(9)11-5-6/h3-4,7-9H,2,5-6H2,1H3,(H,19,20,21);4-5H,2-3H2,1H3. The maximum atomic E-state index is 13.4. The lowest BCUT2D eigenvalue weighted by atomic mass is 10.0. The van der Waals surface area contributed by atoms with Gasteiger partial charge in [-0.2, -0.15) is 0 Å². The molecule has 0 saturated heterocycles. The van der Waals surface area contributed by atoms with E-state index in [0.717, 1.165) is 25.3 Å².